The van der Waals surface area contributed by atoms with Gasteiger partial charge >= 0.3 is 0 Å². The number of carbonyl (C=O) groups is 1. The number of hydrogen-bond donors (Lipinski definition) is 3. The fourth-order valence-corrected chi connectivity index (χ4v) is 5.48. The Morgan fingerprint density at radius 1 is 0.826 bits per heavy atom. The van der Waals surface area contributed by atoms with Crippen LogP contribution in [0, 0.1) is 11.8 Å². The van der Waals surface area contributed by atoms with Gasteiger partial charge in [-0.25, -0.2) is 0 Å². The first-order chi connectivity index (χ1) is 22.3. The average molecular weight is 623 g/mol. The normalized spacial score (nSPS) is 18.2. The van der Waals surface area contributed by atoms with E-state index in [1.54, 1.807) is 0 Å². The highest BCUT2D eigenvalue weighted by Gasteiger charge is 2.26. The summed E-state index contributed by atoms with van der Waals surface area (Å²) in [6.07, 6.45) is 20.2. The smallest absolute Gasteiger partial charge is 0.165 e. The number of dihydropyridines is 1. The molecule has 0 atom stereocenters. The molecule has 5 nitrogen and oxygen atoms in total. The predicted octanol–water partition coefficient (Wildman–Crippen LogP) is 9.83. The first kappa shape index (κ1) is 35.1. The van der Waals surface area contributed by atoms with Crippen LogP contribution in [0.15, 0.2) is 96.6 Å². The summed E-state index contributed by atoms with van der Waals surface area (Å²) in [6.45, 7) is 15.4. The lowest BCUT2D eigenvalue weighted by atomic mass is 9.80. The van der Waals surface area contributed by atoms with Crippen molar-refractivity contribution in [2.75, 3.05) is 32.0 Å². The fraction of sp³-hybridized carbons (Fsp3) is 0.488. The van der Waals surface area contributed by atoms with E-state index in [0.717, 1.165) is 55.1 Å². The van der Waals surface area contributed by atoms with Crippen molar-refractivity contribution in [1.29, 1.82) is 0 Å². The molecule has 2 aromatic rings. The summed E-state index contributed by atoms with van der Waals surface area (Å²) in [5, 5.41) is 9.95. The van der Waals surface area contributed by atoms with Crippen LogP contribution in [0.1, 0.15) is 101 Å². The maximum atomic E-state index is 12.1. The van der Waals surface area contributed by atoms with Gasteiger partial charge in [-0.05, 0) is 86.3 Å². The van der Waals surface area contributed by atoms with Crippen molar-refractivity contribution in [3.05, 3.63) is 102 Å². The number of Topliss-reactive ketones (excluding diaryl/α,β-unsaturated/α-hetero) is 1. The summed E-state index contributed by atoms with van der Waals surface area (Å²) in [7, 11) is 1.91. The van der Waals surface area contributed by atoms with Gasteiger partial charge in [0.15, 0.2) is 5.78 Å². The van der Waals surface area contributed by atoms with Gasteiger partial charge in [-0.15, -0.1) is 0 Å². The monoisotopic (exact) mass is 622 g/mol. The van der Waals surface area contributed by atoms with Crippen LogP contribution >= 0.6 is 0 Å². The second kappa shape index (κ2) is 18.4. The number of carbonyl (C=O) groups excluding carboxylic acids is 1. The molecule has 0 radical (unpaired) electrons. The number of allylic oxidation sites excluding steroid dienone is 4. The maximum absolute atomic E-state index is 12.1. The summed E-state index contributed by atoms with van der Waals surface area (Å²) in [4.78, 5) is 14.5. The summed E-state index contributed by atoms with van der Waals surface area (Å²) in [5.41, 5.74) is 8.22. The van der Waals surface area contributed by atoms with Gasteiger partial charge in [0.25, 0.3) is 0 Å². The quantitative estimate of drug-likeness (QED) is 0.202. The Labute approximate surface area is 279 Å². The van der Waals surface area contributed by atoms with E-state index in [0.29, 0.717) is 11.7 Å². The van der Waals surface area contributed by atoms with Crippen molar-refractivity contribution < 1.29 is 4.79 Å². The van der Waals surface area contributed by atoms with Gasteiger partial charge in [0.1, 0.15) is 0 Å². The third-order valence-electron chi connectivity index (χ3n) is 9.57. The Morgan fingerprint density at radius 3 is 1.78 bits per heavy atom. The van der Waals surface area contributed by atoms with Gasteiger partial charge in [-0.2, -0.15) is 0 Å². The van der Waals surface area contributed by atoms with Crippen LogP contribution in [0.2, 0.25) is 0 Å². The summed E-state index contributed by atoms with van der Waals surface area (Å²) in [5.74, 6) is 2.19. The number of nitrogens with one attached hydrogen (secondary N) is 3. The molecular formula is C41H58N4O. The predicted molar refractivity (Wildman–Crippen MR) is 197 cm³/mol. The molecule has 248 valence electrons. The number of anilines is 1. The molecule has 3 saturated carbocycles. The average Bonchev–Trinajstić information content (AvgIpc) is 3.55. The number of rotatable bonds is 8. The van der Waals surface area contributed by atoms with Crippen molar-refractivity contribution in [3.63, 3.8) is 0 Å². The van der Waals surface area contributed by atoms with Gasteiger partial charge in [-0.3, -0.25) is 4.79 Å². The molecule has 0 aromatic heterocycles. The first-order valence-electron chi connectivity index (χ1n) is 17.8. The lowest BCUT2D eigenvalue weighted by Crippen LogP contribution is -2.33. The zero-order valence-corrected chi connectivity index (χ0v) is 28.8. The van der Waals surface area contributed by atoms with E-state index in [-0.39, 0.29) is 5.92 Å². The first-order valence-corrected chi connectivity index (χ1v) is 17.8. The molecule has 46 heavy (non-hydrogen) atoms. The number of nitrogens with zero attached hydrogens (tertiary/aromatic N) is 1. The van der Waals surface area contributed by atoms with Crippen LogP contribution < -0.4 is 16.0 Å². The minimum atomic E-state index is 0.274. The highest BCUT2D eigenvalue weighted by molar-refractivity contribution is 5.98. The molecule has 0 amide bonds. The topological polar surface area (TPSA) is 56.4 Å². The van der Waals surface area contributed by atoms with Crippen LogP contribution in [0.3, 0.4) is 0 Å². The van der Waals surface area contributed by atoms with Crippen LogP contribution in [-0.4, -0.2) is 37.4 Å². The minimum absolute atomic E-state index is 0.274. The van der Waals surface area contributed by atoms with Crippen LogP contribution in [0.5, 0.6) is 0 Å². The Kier molecular flexibility index (Phi) is 14.1. The van der Waals surface area contributed by atoms with Gasteiger partial charge in [0.05, 0.1) is 12.4 Å². The third-order valence-corrected chi connectivity index (χ3v) is 9.57. The molecule has 7 rings (SSSR count). The molecule has 3 N–H and O–H groups in total. The van der Waals surface area contributed by atoms with Crippen molar-refractivity contribution in [1.82, 2.24) is 15.5 Å². The molecule has 5 aliphatic rings. The molecule has 3 aliphatic carbocycles. The zero-order valence-electron chi connectivity index (χ0n) is 28.8. The van der Waals surface area contributed by atoms with E-state index < -0.39 is 0 Å². The summed E-state index contributed by atoms with van der Waals surface area (Å²) >= 11 is 0. The largest absolute Gasteiger partial charge is 0.388 e. The van der Waals surface area contributed by atoms with Crippen LogP contribution in [-0.2, 0) is 0 Å². The molecule has 4 fully saturated rings. The van der Waals surface area contributed by atoms with Crippen LogP contribution in [0.25, 0.3) is 11.1 Å². The second-order valence-electron chi connectivity index (χ2n) is 13.5. The minimum Gasteiger partial charge on any atom is -0.388 e. The molecule has 0 bridgehead atoms. The van der Waals surface area contributed by atoms with E-state index in [2.05, 4.69) is 84.3 Å². The fourth-order valence-electron chi connectivity index (χ4n) is 5.48. The van der Waals surface area contributed by atoms with E-state index in [4.69, 9.17) is 0 Å². The number of benzene rings is 2. The number of likely N-dealkylation sites (tertiary alicyclic amines) is 1. The van der Waals surface area contributed by atoms with Gasteiger partial charge in [0, 0.05) is 48.7 Å². The molecule has 0 spiro atoms. The van der Waals surface area contributed by atoms with Gasteiger partial charge in [-0.1, -0.05) is 101 Å². The standard InChI is InChI=1S/C18H19NO.C14H23N3.C5H8.C4H8/c1-19-17-11-9-14(10-12-17)13-5-7-16(8-6-13)18(20)15-3-2-4-15;1-11(2)14-7-6-13(10-15-14)16-12(3)17-8-4-5-9-17;1-5-3-2-4-5;1-2-4-3-1/h5-12,15,19H,2-4H2,1H3;6-7,11,15-16H,3-5,8-10H2,1-2H3;1-4H2;1-4H2. The highest BCUT2D eigenvalue weighted by Crippen LogP contribution is 2.30. The summed E-state index contributed by atoms with van der Waals surface area (Å²) in [6, 6.07) is 16.3. The second-order valence-corrected chi connectivity index (χ2v) is 13.5. The van der Waals surface area contributed by atoms with Gasteiger partial charge in [0.2, 0.25) is 0 Å². The Morgan fingerprint density at radius 2 is 1.39 bits per heavy atom. The highest BCUT2D eigenvalue weighted by atomic mass is 16.1. The van der Waals surface area contributed by atoms with Crippen LogP contribution in [0.4, 0.5) is 5.69 Å². The number of ketones is 1. The lowest BCUT2D eigenvalue weighted by molar-refractivity contribution is 0.0855. The molecule has 2 aliphatic heterocycles. The van der Waals surface area contributed by atoms with Crippen molar-refractivity contribution in [2.24, 2.45) is 11.8 Å². The molecule has 0 unspecified atom stereocenters. The van der Waals surface area contributed by atoms with Crippen molar-refractivity contribution in [2.45, 2.75) is 90.9 Å². The molecule has 1 saturated heterocycles. The Hall–Kier alpha value is -3.73. The zero-order chi connectivity index (χ0) is 32.7. The van der Waals surface area contributed by atoms with E-state index in [1.807, 2.05) is 31.3 Å². The van der Waals surface area contributed by atoms with E-state index in [1.165, 1.54) is 86.7 Å². The van der Waals surface area contributed by atoms with Crippen molar-refractivity contribution >= 4 is 11.5 Å². The molecular weight excluding hydrogens is 564 g/mol. The molecule has 2 heterocycles. The Balaban J connectivity index is 0.000000165. The lowest BCUT2D eigenvalue weighted by Gasteiger charge is -2.25. The van der Waals surface area contributed by atoms with Crippen molar-refractivity contribution in [3.8, 4) is 11.1 Å². The SMILES string of the molecule is C1CCC1.C=C(NC1=CC=C(C(C)C)NC1)N1CCCC1.C=C1CCC1.CNc1ccc(-c2ccc(C(=O)C3CCC3)cc2)cc1. The third kappa shape index (κ3) is 11.0. The van der Waals surface area contributed by atoms with E-state index >= 15 is 0 Å². The molecule has 2 aromatic carbocycles. The van der Waals surface area contributed by atoms with E-state index in [9.17, 15) is 4.79 Å². The molecule has 5 heteroatoms. The maximum Gasteiger partial charge on any atom is 0.165 e. The Bertz CT molecular complexity index is 1310. The summed E-state index contributed by atoms with van der Waals surface area (Å²) < 4.78 is 0. The number of hydrogen-bond acceptors (Lipinski definition) is 5. The van der Waals surface area contributed by atoms with Gasteiger partial charge < -0.3 is 20.9 Å².